The molecule has 5 nitrogen and oxygen atoms in total. The summed E-state index contributed by atoms with van der Waals surface area (Å²) in [7, 11) is 0. The molecule has 1 aromatic heterocycles. The standard InChI is InChI=1S/C24H25N3O2S/c1-16(17-8-3-2-4-9-17)27-15-18(14-22(27)28)24(29)26-13-7-11-20(26)23-25-19-10-5-6-12-21(19)30-23/h2-6,8-10,12,16,18,20H,7,11,13-15H2,1H3/t16-,18-,20+/m1/s1. The maximum atomic E-state index is 13.4. The maximum Gasteiger partial charge on any atom is 0.228 e. The SMILES string of the molecule is C[C@H](c1ccccc1)N1C[C@H](C(=O)N2CCC[C@H]2c2nc3ccccc3s2)CC1=O. The van der Waals surface area contributed by atoms with E-state index in [0.717, 1.165) is 40.2 Å². The zero-order valence-corrected chi connectivity index (χ0v) is 17.8. The van der Waals surface area contributed by atoms with Gasteiger partial charge in [0.1, 0.15) is 5.01 Å². The van der Waals surface area contributed by atoms with E-state index in [0.29, 0.717) is 13.0 Å². The predicted molar refractivity (Wildman–Crippen MR) is 118 cm³/mol. The Hall–Kier alpha value is -2.73. The number of para-hydroxylation sites is 1. The molecule has 0 spiro atoms. The molecule has 2 aliphatic rings. The summed E-state index contributed by atoms with van der Waals surface area (Å²) in [5.41, 5.74) is 2.10. The van der Waals surface area contributed by atoms with Gasteiger partial charge in [0, 0.05) is 19.5 Å². The van der Waals surface area contributed by atoms with E-state index in [1.807, 2.05) is 65.3 Å². The second-order valence-corrected chi connectivity index (χ2v) is 9.31. The van der Waals surface area contributed by atoms with E-state index in [1.165, 1.54) is 0 Å². The van der Waals surface area contributed by atoms with Crippen molar-refractivity contribution in [3.63, 3.8) is 0 Å². The second kappa shape index (κ2) is 7.84. The van der Waals surface area contributed by atoms with Gasteiger partial charge in [-0.15, -0.1) is 11.3 Å². The molecule has 2 aromatic carbocycles. The third-order valence-electron chi connectivity index (χ3n) is 6.39. The van der Waals surface area contributed by atoms with E-state index >= 15 is 0 Å². The zero-order valence-electron chi connectivity index (χ0n) is 17.0. The van der Waals surface area contributed by atoms with E-state index < -0.39 is 0 Å². The number of nitrogens with zero attached hydrogens (tertiary/aromatic N) is 3. The minimum Gasteiger partial charge on any atom is -0.335 e. The first kappa shape index (κ1) is 19.2. The van der Waals surface area contributed by atoms with Crippen LogP contribution in [0.4, 0.5) is 0 Å². The number of hydrogen-bond acceptors (Lipinski definition) is 4. The highest BCUT2D eigenvalue weighted by Gasteiger charge is 2.42. The highest BCUT2D eigenvalue weighted by atomic mass is 32.1. The molecule has 0 unspecified atom stereocenters. The molecule has 0 radical (unpaired) electrons. The lowest BCUT2D eigenvalue weighted by Gasteiger charge is -2.28. The van der Waals surface area contributed by atoms with Crippen molar-refractivity contribution in [3.05, 3.63) is 65.2 Å². The van der Waals surface area contributed by atoms with Crippen LogP contribution in [-0.2, 0) is 9.59 Å². The smallest absolute Gasteiger partial charge is 0.228 e. The number of rotatable bonds is 4. The molecule has 30 heavy (non-hydrogen) atoms. The molecule has 0 aliphatic carbocycles. The molecule has 5 rings (SSSR count). The number of likely N-dealkylation sites (tertiary alicyclic amines) is 2. The second-order valence-electron chi connectivity index (χ2n) is 8.24. The van der Waals surface area contributed by atoms with E-state index in [-0.39, 0.29) is 29.8 Å². The molecule has 2 fully saturated rings. The van der Waals surface area contributed by atoms with Crippen molar-refractivity contribution >= 4 is 33.4 Å². The lowest BCUT2D eigenvalue weighted by molar-refractivity contribution is -0.136. The van der Waals surface area contributed by atoms with Crippen molar-refractivity contribution in [2.24, 2.45) is 5.92 Å². The van der Waals surface area contributed by atoms with Gasteiger partial charge in [0.15, 0.2) is 0 Å². The topological polar surface area (TPSA) is 53.5 Å². The van der Waals surface area contributed by atoms with Crippen molar-refractivity contribution in [2.75, 3.05) is 13.1 Å². The minimum absolute atomic E-state index is 0.0184. The minimum atomic E-state index is -0.265. The molecular formula is C24H25N3O2S. The highest BCUT2D eigenvalue weighted by molar-refractivity contribution is 7.18. The summed E-state index contributed by atoms with van der Waals surface area (Å²) in [6.45, 7) is 3.29. The Morgan fingerprint density at radius 1 is 1.13 bits per heavy atom. The fraction of sp³-hybridized carbons (Fsp3) is 0.375. The van der Waals surface area contributed by atoms with Crippen LogP contribution < -0.4 is 0 Å². The molecule has 3 aromatic rings. The van der Waals surface area contributed by atoms with Crippen LogP contribution in [0.5, 0.6) is 0 Å². The van der Waals surface area contributed by atoms with Gasteiger partial charge in [-0.25, -0.2) is 4.98 Å². The number of thiazole rings is 1. The first-order valence-electron chi connectivity index (χ1n) is 10.6. The number of carbonyl (C=O) groups is 2. The van der Waals surface area contributed by atoms with Gasteiger partial charge in [-0.05, 0) is 37.5 Å². The molecule has 0 saturated carbocycles. The van der Waals surface area contributed by atoms with Crippen LogP contribution >= 0.6 is 11.3 Å². The van der Waals surface area contributed by atoms with Gasteiger partial charge >= 0.3 is 0 Å². The van der Waals surface area contributed by atoms with Gasteiger partial charge in [-0.1, -0.05) is 42.5 Å². The van der Waals surface area contributed by atoms with Crippen LogP contribution in [0.3, 0.4) is 0 Å². The lowest BCUT2D eigenvalue weighted by Crippen LogP contribution is -2.37. The summed E-state index contributed by atoms with van der Waals surface area (Å²) < 4.78 is 1.16. The lowest BCUT2D eigenvalue weighted by atomic mass is 10.1. The number of amides is 2. The average Bonchev–Trinajstić information content (AvgIpc) is 3.50. The molecule has 3 heterocycles. The number of benzene rings is 2. The Morgan fingerprint density at radius 3 is 2.70 bits per heavy atom. The van der Waals surface area contributed by atoms with Gasteiger partial charge in [-0.3, -0.25) is 9.59 Å². The van der Waals surface area contributed by atoms with Gasteiger partial charge in [0.25, 0.3) is 0 Å². The summed E-state index contributed by atoms with van der Waals surface area (Å²) in [6, 6.07) is 18.2. The molecule has 0 bridgehead atoms. The summed E-state index contributed by atoms with van der Waals surface area (Å²) >= 11 is 1.68. The van der Waals surface area contributed by atoms with E-state index in [9.17, 15) is 9.59 Å². The molecule has 3 atom stereocenters. The van der Waals surface area contributed by atoms with Gasteiger partial charge in [0.05, 0.1) is 28.2 Å². The van der Waals surface area contributed by atoms with Crippen LogP contribution in [-0.4, -0.2) is 39.7 Å². The van der Waals surface area contributed by atoms with Crippen molar-refractivity contribution in [2.45, 2.75) is 38.3 Å². The molecular weight excluding hydrogens is 394 g/mol. The Kier molecular flexibility index (Phi) is 5.03. The monoisotopic (exact) mass is 419 g/mol. The van der Waals surface area contributed by atoms with Crippen LogP contribution in [0.15, 0.2) is 54.6 Å². The number of hydrogen-bond donors (Lipinski definition) is 0. The molecule has 6 heteroatoms. The average molecular weight is 420 g/mol. The summed E-state index contributed by atoms with van der Waals surface area (Å²) in [6.07, 6.45) is 2.23. The zero-order chi connectivity index (χ0) is 20.7. The molecule has 2 saturated heterocycles. The van der Waals surface area contributed by atoms with Crippen molar-refractivity contribution < 1.29 is 9.59 Å². The summed E-state index contributed by atoms with van der Waals surface area (Å²) in [4.78, 5) is 34.8. The fourth-order valence-corrected chi connectivity index (χ4v) is 5.85. The first-order chi connectivity index (χ1) is 14.6. The third-order valence-corrected chi connectivity index (χ3v) is 7.53. The van der Waals surface area contributed by atoms with Crippen molar-refractivity contribution in [1.82, 2.24) is 14.8 Å². The predicted octanol–water partition coefficient (Wildman–Crippen LogP) is 4.57. The van der Waals surface area contributed by atoms with Crippen LogP contribution in [0.25, 0.3) is 10.2 Å². The van der Waals surface area contributed by atoms with Crippen molar-refractivity contribution in [3.8, 4) is 0 Å². The highest BCUT2D eigenvalue weighted by Crippen LogP contribution is 2.38. The van der Waals surface area contributed by atoms with Gasteiger partial charge in [-0.2, -0.15) is 0 Å². The normalized spacial score (nSPS) is 22.8. The Labute approximate surface area is 180 Å². The largest absolute Gasteiger partial charge is 0.335 e. The third kappa shape index (κ3) is 3.39. The quantitative estimate of drug-likeness (QED) is 0.622. The Morgan fingerprint density at radius 2 is 1.90 bits per heavy atom. The van der Waals surface area contributed by atoms with Gasteiger partial charge in [0.2, 0.25) is 11.8 Å². The maximum absolute atomic E-state index is 13.4. The number of carbonyl (C=O) groups excluding carboxylic acids is 2. The van der Waals surface area contributed by atoms with Gasteiger partial charge < -0.3 is 9.80 Å². The number of aromatic nitrogens is 1. The summed E-state index contributed by atoms with van der Waals surface area (Å²) in [5, 5.41) is 1.01. The molecule has 2 aliphatic heterocycles. The Balaban J connectivity index is 1.33. The fourth-order valence-electron chi connectivity index (χ4n) is 4.74. The number of fused-ring (bicyclic) bond motifs is 1. The first-order valence-corrected chi connectivity index (χ1v) is 11.4. The van der Waals surface area contributed by atoms with E-state index in [1.54, 1.807) is 11.3 Å². The Bertz CT molecular complexity index is 1050. The van der Waals surface area contributed by atoms with Crippen LogP contribution in [0.2, 0.25) is 0 Å². The summed E-state index contributed by atoms with van der Waals surface area (Å²) in [5.74, 6) is -0.0908. The van der Waals surface area contributed by atoms with Crippen LogP contribution in [0.1, 0.15) is 48.8 Å². The van der Waals surface area contributed by atoms with Crippen molar-refractivity contribution in [1.29, 1.82) is 0 Å². The molecule has 0 N–H and O–H groups in total. The molecule has 2 amide bonds. The molecule has 154 valence electrons. The van der Waals surface area contributed by atoms with Crippen LogP contribution in [0, 0.1) is 5.92 Å². The van der Waals surface area contributed by atoms with E-state index in [4.69, 9.17) is 4.98 Å². The van der Waals surface area contributed by atoms with E-state index in [2.05, 4.69) is 6.07 Å².